The molecule has 4 heterocycles. The fraction of sp³-hybridized carbons (Fsp3) is 0.524. The highest BCUT2D eigenvalue weighted by Crippen LogP contribution is 2.45. The number of fused-ring (bicyclic) bond motifs is 2. The van der Waals surface area contributed by atoms with Gasteiger partial charge in [-0.25, -0.2) is 4.39 Å². The van der Waals surface area contributed by atoms with Crippen molar-refractivity contribution in [1.82, 2.24) is 24.6 Å². The van der Waals surface area contributed by atoms with Crippen molar-refractivity contribution < 1.29 is 14.0 Å². The number of aromatic nitrogens is 3. The number of carbonyl (C=O) groups is 2. The second kappa shape index (κ2) is 6.93. The quantitative estimate of drug-likeness (QED) is 0.778. The van der Waals surface area contributed by atoms with E-state index in [1.807, 2.05) is 20.4 Å². The zero-order valence-corrected chi connectivity index (χ0v) is 16.4. The number of carbonyl (C=O) groups excluding carboxylic acids is 2. The van der Waals surface area contributed by atoms with Gasteiger partial charge in [-0.05, 0) is 30.5 Å². The molecule has 3 aliphatic rings. The van der Waals surface area contributed by atoms with E-state index < -0.39 is 0 Å². The van der Waals surface area contributed by atoms with E-state index in [-0.39, 0.29) is 35.5 Å². The Labute approximate surface area is 168 Å². The predicted molar refractivity (Wildman–Crippen MR) is 102 cm³/mol. The molecule has 0 saturated carbocycles. The maximum Gasteiger partial charge on any atom is 0.291 e. The molecular weight excluding hydrogens is 373 g/mol. The largest absolute Gasteiger partial charge is 0.335 e. The first-order chi connectivity index (χ1) is 14.0. The smallest absolute Gasteiger partial charge is 0.291 e. The van der Waals surface area contributed by atoms with Crippen LogP contribution in [0.4, 0.5) is 4.39 Å². The van der Waals surface area contributed by atoms with Gasteiger partial charge in [-0.3, -0.25) is 9.59 Å². The third-order valence-electron chi connectivity index (χ3n) is 6.60. The van der Waals surface area contributed by atoms with E-state index in [9.17, 15) is 14.0 Å². The third kappa shape index (κ3) is 3.01. The zero-order valence-electron chi connectivity index (χ0n) is 16.4. The molecule has 0 unspecified atom stereocenters. The molecule has 0 N–H and O–H groups in total. The number of hydrogen-bond donors (Lipinski definition) is 0. The predicted octanol–water partition coefficient (Wildman–Crippen LogP) is 2.05. The molecule has 8 heteroatoms. The molecule has 0 bridgehead atoms. The average Bonchev–Trinajstić information content (AvgIpc) is 3.39. The molecule has 3 atom stereocenters. The first-order valence-corrected chi connectivity index (χ1v) is 10.3. The van der Waals surface area contributed by atoms with E-state index in [0.29, 0.717) is 25.5 Å². The molecule has 0 radical (unpaired) electrons. The summed E-state index contributed by atoms with van der Waals surface area (Å²) < 4.78 is 15.8. The van der Waals surface area contributed by atoms with Crippen molar-refractivity contribution in [3.05, 3.63) is 47.3 Å². The lowest BCUT2D eigenvalue weighted by molar-refractivity contribution is -0.130. The van der Waals surface area contributed by atoms with Crippen LogP contribution in [0.15, 0.2) is 24.3 Å². The molecule has 0 aliphatic carbocycles. The van der Waals surface area contributed by atoms with Gasteiger partial charge in [-0.1, -0.05) is 12.1 Å². The lowest BCUT2D eigenvalue weighted by Crippen LogP contribution is -2.37. The molecule has 3 aliphatic heterocycles. The molecular formula is C21H24FN5O2. The Morgan fingerprint density at radius 2 is 2.00 bits per heavy atom. The van der Waals surface area contributed by atoms with Gasteiger partial charge in [0.15, 0.2) is 0 Å². The van der Waals surface area contributed by atoms with Crippen LogP contribution in [0.2, 0.25) is 0 Å². The number of benzene rings is 1. The van der Waals surface area contributed by atoms with E-state index in [1.54, 1.807) is 13.0 Å². The highest BCUT2D eigenvalue weighted by Gasteiger charge is 2.50. The summed E-state index contributed by atoms with van der Waals surface area (Å²) in [5.74, 6) is 1.17. The highest BCUT2D eigenvalue weighted by atomic mass is 19.1. The molecule has 29 heavy (non-hydrogen) atoms. The number of hydrogen-bond acceptors (Lipinski definition) is 4. The van der Waals surface area contributed by atoms with Gasteiger partial charge < -0.3 is 14.4 Å². The molecule has 0 spiro atoms. The lowest BCUT2D eigenvalue weighted by atomic mass is 9.89. The second-order valence-electron chi connectivity index (χ2n) is 8.35. The first-order valence-electron chi connectivity index (χ1n) is 10.3. The summed E-state index contributed by atoms with van der Waals surface area (Å²) in [6.07, 6.45) is 2.98. The van der Waals surface area contributed by atoms with Crippen molar-refractivity contribution in [3.8, 4) is 0 Å². The van der Waals surface area contributed by atoms with Crippen molar-refractivity contribution in [3.63, 3.8) is 0 Å². The van der Waals surface area contributed by atoms with Gasteiger partial charge in [-0.15, -0.1) is 10.2 Å². The Kier molecular flexibility index (Phi) is 4.37. The van der Waals surface area contributed by atoms with Crippen LogP contribution < -0.4 is 0 Å². The summed E-state index contributed by atoms with van der Waals surface area (Å²) in [5.41, 5.74) is 0.793. The van der Waals surface area contributed by atoms with E-state index in [2.05, 4.69) is 10.2 Å². The van der Waals surface area contributed by atoms with Gasteiger partial charge in [-0.2, -0.15) is 0 Å². The van der Waals surface area contributed by atoms with E-state index in [4.69, 9.17) is 0 Å². The fourth-order valence-electron chi connectivity index (χ4n) is 5.26. The Bertz CT molecular complexity index is 974. The van der Waals surface area contributed by atoms with Crippen molar-refractivity contribution in [2.45, 2.75) is 38.8 Å². The Morgan fingerprint density at radius 3 is 2.79 bits per heavy atom. The molecule has 1 aromatic heterocycles. The van der Waals surface area contributed by atoms with Gasteiger partial charge in [0, 0.05) is 51.4 Å². The number of rotatable bonds is 2. The monoisotopic (exact) mass is 397 g/mol. The summed E-state index contributed by atoms with van der Waals surface area (Å²) in [6.45, 7) is 4.05. The van der Waals surface area contributed by atoms with Crippen LogP contribution in [-0.2, 0) is 17.8 Å². The second-order valence-corrected chi connectivity index (χ2v) is 8.35. The van der Waals surface area contributed by atoms with E-state index in [1.165, 1.54) is 12.1 Å². The normalized spacial score (nSPS) is 25.8. The molecule has 2 aromatic rings. The van der Waals surface area contributed by atoms with Crippen molar-refractivity contribution in [2.24, 2.45) is 11.8 Å². The maximum atomic E-state index is 13.9. The maximum absolute atomic E-state index is 13.9. The van der Waals surface area contributed by atoms with Crippen LogP contribution >= 0.6 is 0 Å². The van der Waals surface area contributed by atoms with Gasteiger partial charge in [0.25, 0.3) is 5.91 Å². The minimum Gasteiger partial charge on any atom is -0.335 e. The third-order valence-corrected chi connectivity index (χ3v) is 6.60. The topological polar surface area (TPSA) is 71.3 Å². The van der Waals surface area contributed by atoms with Gasteiger partial charge in [0.05, 0.1) is 6.04 Å². The standard InChI is InChI=1S/C21H24FN5O2/c1-13(28)27-11-15-10-25(12-17(15)19(27)14-5-4-6-16(22)9-14)21(29)20-24-23-18-7-2-3-8-26(18)20/h4-6,9,15,17,19H,2-3,7-8,10-12H2,1H3/t15-,17-,19-/m1/s1. The summed E-state index contributed by atoms with van der Waals surface area (Å²) >= 11 is 0. The van der Waals surface area contributed by atoms with Crippen LogP contribution in [0, 0.1) is 17.7 Å². The van der Waals surface area contributed by atoms with Crippen LogP contribution in [-0.4, -0.2) is 56.0 Å². The lowest BCUT2D eigenvalue weighted by Gasteiger charge is -2.29. The Morgan fingerprint density at radius 1 is 1.14 bits per heavy atom. The molecule has 152 valence electrons. The fourth-order valence-corrected chi connectivity index (χ4v) is 5.26. The average molecular weight is 397 g/mol. The van der Waals surface area contributed by atoms with Crippen LogP contribution in [0.5, 0.6) is 0 Å². The van der Waals surface area contributed by atoms with Crippen molar-refractivity contribution >= 4 is 11.8 Å². The van der Waals surface area contributed by atoms with E-state index in [0.717, 1.165) is 37.2 Å². The summed E-state index contributed by atoms with van der Waals surface area (Å²) in [5, 5.41) is 8.38. The highest BCUT2D eigenvalue weighted by molar-refractivity contribution is 5.91. The molecule has 2 amide bonds. The molecule has 2 saturated heterocycles. The molecule has 2 fully saturated rings. The number of amides is 2. The van der Waals surface area contributed by atoms with E-state index >= 15 is 0 Å². The van der Waals surface area contributed by atoms with Crippen LogP contribution in [0.3, 0.4) is 0 Å². The number of halogens is 1. The number of aryl methyl sites for hydroxylation is 1. The number of likely N-dealkylation sites (tertiary alicyclic amines) is 2. The Balaban J connectivity index is 1.41. The van der Waals surface area contributed by atoms with Crippen molar-refractivity contribution in [2.75, 3.05) is 19.6 Å². The van der Waals surface area contributed by atoms with Crippen molar-refractivity contribution in [1.29, 1.82) is 0 Å². The minimum absolute atomic E-state index is 0.0157. The number of nitrogens with zero attached hydrogens (tertiary/aromatic N) is 5. The van der Waals surface area contributed by atoms with Gasteiger partial charge in [0.2, 0.25) is 11.7 Å². The summed E-state index contributed by atoms with van der Waals surface area (Å²) in [6, 6.07) is 6.25. The zero-order chi connectivity index (χ0) is 20.1. The minimum atomic E-state index is -0.310. The van der Waals surface area contributed by atoms with Gasteiger partial charge >= 0.3 is 0 Å². The van der Waals surface area contributed by atoms with Gasteiger partial charge in [0.1, 0.15) is 11.6 Å². The summed E-state index contributed by atoms with van der Waals surface area (Å²) in [4.78, 5) is 29.1. The molecule has 7 nitrogen and oxygen atoms in total. The first kappa shape index (κ1) is 18.3. The molecule has 5 rings (SSSR count). The Hall–Kier alpha value is -2.77. The van der Waals surface area contributed by atoms with Crippen LogP contribution in [0.25, 0.3) is 0 Å². The summed E-state index contributed by atoms with van der Waals surface area (Å²) in [7, 11) is 0. The molecule has 1 aromatic carbocycles. The SMILES string of the molecule is CC(=O)N1C[C@H]2CN(C(=O)c3nnc4n3CCCC4)C[C@H]2[C@H]1c1cccc(F)c1. The van der Waals surface area contributed by atoms with Crippen LogP contribution in [0.1, 0.15) is 47.8 Å².